The minimum atomic E-state index is -0.481. The van der Waals surface area contributed by atoms with Gasteiger partial charge >= 0.3 is 0 Å². The van der Waals surface area contributed by atoms with Gasteiger partial charge in [-0.2, -0.15) is 0 Å². The molecule has 7 nitrogen and oxygen atoms in total. The summed E-state index contributed by atoms with van der Waals surface area (Å²) in [5, 5.41) is 10.2. The largest absolute Gasteiger partial charge is 0.377 e. The normalized spacial score (nSPS) is 18.2. The third kappa shape index (κ3) is 4.53. The fourth-order valence-corrected chi connectivity index (χ4v) is 3.49. The number of nitrogens with zero attached hydrogens (tertiary/aromatic N) is 3. The second-order valence-corrected chi connectivity index (χ2v) is 7.00. The maximum atomic E-state index is 12.7. The smallest absolute Gasteiger partial charge is 0.245 e. The lowest BCUT2D eigenvalue weighted by Crippen LogP contribution is -2.56. The predicted molar refractivity (Wildman–Crippen MR) is 117 cm³/mol. The average Bonchev–Trinajstić information content (AvgIpc) is 3.11. The van der Waals surface area contributed by atoms with Gasteiger partial charge in [0.05, 0.1) is 24.3 Å². The van der Waals surface area contributed by atoms with Crippen molar-refractivity contribution in [3.8, 4) is 5.69 Å². The maximum absolute atomic E-state index is 12.7. The fraction of sp³-hybridized carbons (Fsp3) is 0.333. The van der Waals surface area contributed by atoms with Gasteiger partial charge in [0, 0.05) is 29.9 Å². The zero-order valence-corrected chi connectivity index (χ0v) is 17.2. The van der Waals surface area contributed by atoms with Crippen molar-refractivity contribution in [1.29, 1.82) is 0 Å². The van der Waals surface area contributed by atoms with Crippen molar-refractivity contribution in [2.24, 2.45) is 5.73 Å². The van der Waals surface area contributed by atoms with Gasteiger partial charge in [-0.05, 0) is 37.3 Å². The molecule has 1 aliphatic heterocycles. The number of nitrogens with two attached hydrogens (primary N) is 1. The summed E-state index contributed by atoms with van der Waals surface area (Å²) >= 11 is 6.04. The maximum Gasteiger partial charge on any atom is 0.245 e. The summed E-state index contributed by atoms with van der Waals surface area (Å²) in [4.78, 5) is 14.7. The van der Waals surface area contributed by atoms with Crippen LogP contribution in [0.5, 0.6) is 0 Å². The van der Waals surface area contributed by atoms with E-state index in [1.54, 1.807) is 6.08 Å². The first kappa shape index (κ1) is 21.1. The number of hydrogen-bond donors (Lipinski definition) is 2. The zero-order chi connectivity index (χ0) is 20.8. The molecule has 8 heteroatoms. The molecule has 1 saturated heterocycles. The summed E-state index contributed by atoms with van der Waals surface area (Å²) in [6, 6.07) is 6.99. The third-order valence-corrected chi connectivity index (χ3v) is 4.97. The van der Waals surface area contributed by atoms with Gasteiger partial charge in [0.25, 0.3) is 0 Å². The van der Waals surface area contributed by atoms with E-state index in [4.69, 9.17) is 27.2 Å². The number of benzene rings is 1. The summed E-state index contributed by atoms with van der Waals surface area (Å²) in [7, 11) is 0. The molecule has 1 atom stereocenters. The number of nitrogens with one attached hydrogen (secondary N) is 1. The van der Waals surface area contributed by atoms with E-state index in [9.17, 15) is 4.79 Å². The molecule has 1 unspecified atom stereocenters. The van der Waals surface area contributed by atoms with Crippen molar-refractivity contribution >= 4 is 35.5 Å². The van der Waals surface area contributed by atoms with E-state index in [2.05, 4.69) is 11.9 Å². The molecular formula is C21H26ClN5O2. The number of hydrogen-bond acceptors (Lipinski definition) is 5. The van der Waals surface area contributed by atoms with Gasteiger partial charge in [0.2, 0.25) is 5.91 Å². The van der Waals surface area contributed by atoms with Crippen molar-refractivity contribution in [3.63, 3.8) is 0 Å². The van der Waals surface area contributed by atoms with Gasteiger partial charge < -0.3 is 20.7 Å². The van der Waals surface area contributed by atoms with Crippen LogP contribution in [0.1, 0.15) is 6.92 Å². The molecule has 0 radical (unpaired) electrons. The predicted octanol–water partition coefficient (Wildman–Crippen LogP) is 0.573. The molecule has 1 fully saturated rings. The Morgan fingerprint density at radius 2 is 2.21 bits per heavy atom. The Hall–Kier alpha value is -2.61. The van der Waals surface area contributed by atoms with E-state index in [0.29, 0.717) is 43.7 Å². The third-order valence-electron chi connectivity index (χ3n) is 4.72. The van der Waals surface area contributed by atoms with E-state index in [1.165, 1.54) is 0 Å². The number of halogens is 1. The number of rotatable bonds is 6. The van der Waals surface area contributed by atoms with Crippen LogP contribution in [0.4, 0.5) is 5.82 Å². The number of aromatic nitrogens is 2. The Balaban J connectivity index is 2.12. The first-order chi connectivity index (χ1) is 14.1. The van der Waals surface area contributed by atoms with Crippen molar-refractivity contribution in [3.05, 3.63) is 52.5 Å². The minimum absolute atomic E-state index is 0.122. The van der Waals surface area contributed by atoms with Crippen LogP contribution in [0.3, 0.4) is 0 Å². The van der Waals surface area contributed by atoms with E-state index in [1.807, 2.05) is 52.9 Å². The SMILES string of the molecule is C=C/C=c1/c(N2CCOCC2C(=O)NCCN)nn(-c2ccc(Cl)cc2)/c1=C/C. The number of carbonyl (C=O) groups is 1. The number of ether oxygens (including phenoxy) is 1. The molecule has 1 aliphatic rings. The van der Waals surface area contributed by atoms with Crippen LogP contribution in [0.2, 0.25) is 5.02 Å². The van der Waals surface area contributed by atoms with Gasteiger partial charge in [-0.25, -0.2) is 4.68 Å². The molecule has 0 saturated carbocycles. The lowest BCUT2D eigenvalue weighted by molar-refractivity contribution is -0.124. The van der Waals surface area contributed by atoms with Crippen molar-refractivity contribution < 1.29 is 9.53 Å². The standard InChI is InChI=1S/C21H26ClN5O2/c1-3-5-17-18(4-2)27(16-8-6-15(22)7-9-16)25-20(17)26-12-13-29-14-19(26)21(28)24-11-10-23/h3-9,19H,1,10-14,23H2,2H3,(H,24,28)/b17-5+,18-4+. The number of anilines is 1. The van der Waals surface area contributed by atoms with E-state index >= 15 is 0 Å². The Morgan fingerprint density at radius 3 is 2.86 bits per heavy atom. The molecule has 2 heterocycles. The van der Waals surface area contributed by atoms with Gasteiger partial charge in [0.15, 0.2) is 5.82 Å². The monoisotopic (exact) mass is 415 g/mol. The number of amides is 1. The Labute approximate surface area is 175 Å². The molecule has 1 amide bonds. The Kier molecular flexibility index (Phi) is 7.09. The Morgan fingerprint density at radius 1 is 1.45 bits per heavy atom. The lowest BCUT2D eigenvalue weighted by Gasteiger charge is -2.34. The molecule has 1 aromatic carbocycles. The van der Waals surface area contributed by atoms with Crippen LogP contribution in [0, 0.1) is 0 Å². The number of morpholine rings is 1. The van der Waals surface area contributed by atoms with Crippen LogP contribution >= 0.6 is 11.6 Å². The minimum Gasteiger partial charge on any atom is -0.377 e. The second-order valence-electron chi connectivity index (χ2n) is 6.57. The molecule has 0 bridgehead atoms. The van der Waals surface area contributed by atoms with Gasteiger partial charge in [-0.15, -0.1) is 5.10 Å². The summed E-state index contributed by atoms with van der Waals surface area (Å²) in [5.41, 5.74) is 6.41. The summed E-state index contributed by atoms with van der Waals surface area (Å²) in [6.45, 7) is 7.98. The first-order valence-electron chi connectivity index (χ1n) is 9.57. The number of carbonyl (C=O) groups excluding carboxylic acids is 1. The quantitative estimate of drug-likeness (QED) is 0.720. The highest BCUT2D eigenvalue weighted by Gasteiger charge is 2.32. The van der Waals surface area contributed by atoms with E-state index in [0.717, 1.165) is 16.3 Å². The summed E-state index contributed by atoms with van der Waals surface area (Å²) in [6.07, 6.45) is 5.63. The summed E-state index contributed by atoms with van der Waals surface area (Å²) in [5.74, 6) is 0.590. The molecule has 29 heavy (non-hydrogen) atoms. The van der Waals surface area contributed by atoms with Crippen LogP contribution < -0.4 is 26.5 Å². The van der Waals surface area contributed by atoms with Crippen LogP contribution in [0.25, 0.3) is 17.8 Å². The van der Waals surface area contributed by atoms with Crippen molar-refractivity contribution in [2.45, 2.75) is 13.0 Å². The second kappa shape index (κ2) is 9.73. The van der Waals surface area contributed by atoms with Crippen LogP contribution in [-0.4, -0.2) is 54.6 Å². The summed E-state index contributed by atoms with van der Waals surface area (Å²) < 4.78 is 7.43. The molecule has 0 spiro atoms. The molecule has 3 rings (SSSR count). The highest BCUT2D eigenvalue weighted by molar-refractivity contribution is 6.30. The van der Waals surface area contributed by atoms with E-state index in [-0.39, 0.29) is 5.91 Å². The molecule has 0 aliphatic carbocycles. The molecule has 154 valence electrons. The van der Waals surface area contributed by atoms with Crippen LogP contribution in [-0.2, 0) is 9.53 Å². The highest BCUT2D eigenvalue weighted by Crippen LogP contribution is 2.16. The molecule has 1 aromatic heterocycles. The van der Waals surface area contributed by atoms with Gasteiger partial charge in [0.1, 0.15) is 6.04 Å². The molecule has 3 N–H and O–H groups in total. The molecule has 2 aromatic rings. The number of allylic oxidation sites excluding steroid dienone is 1. The van der Waals surface area contributed by atoms with Gasteiger partial charge in [-0.1, -0.05) is 30.3 Å². The zero-order valence-electron chi connectivity index (χ0n) is 16.5. The van der Waals surface area contributed by atoms with Crippen LogP contribution in [0.15, 0.2) is 36.9 Å². The molecular weight excluding hydrogens is 390 g/mol. The van der Waals surface area contributed by atoms with Crippen molar-refractivity contribution in [1.82, 2.24) is 15.1 Å². The van der Waals surface area contributed by atoms with Gasteiger partial charge in [-0.3, -0.25) is 4.79 Å². The highest BCUT2D eigenvalue weighted by atomic mass is 35.5. The fourth-order valence-electron chi connectivity index (χ4n) is 3.37. The first-order valence-corrected chi connectivity index (χ1v) is 9.94. The topological polar surface area (TPSA) is 85.4 Å². The van der Waals surface area contributed by atoms with E-state index < -0.39 is 6.04 Å². The lowest BCUT2D eigenvalue weighted by atomic mass is 10.2. The van der Waals surface area contributed by atoms with Crippen molar-refractivity contribution in [2.75, 3.05) is 37.7 Å². The Bertz CT molecular complexity index is 984. The average molecular weight is 416 g/mol.